The monoisotopic (exact) mass is 197 g/mol. The van der Waals surface area contributed by atoms with Crippen molar-refractivity contribution >= 4 is 0 Å². The third-order valence-corrected chi connectivity index (χ3v) is 3.45. The van der Waals surface area contributed by atoms with E-state index in [2.05, 4.69) is 33.0 Å². The molecule has 0 unspecified atom stereocenters. The summed E-state index contributed by atoms with van der Waals surface area (Å²) in [6.07, 6.45) is 7.09. The summed E-state index contributed by atoms with van der Waals surface area (Å²) in [5.74, 6) is 0.954. The standard InChI is InChI=1S/C13H27N/c1-11(12-7-5-6-8-12)14-10-9-13(2,3)4/h11-12,14H,5-10H2,1-4H3/t11-/m1/s1. The van der Waals surface area contributed by atoms with Crippen LogP contribution in [-0.4, -0.2) is 12.6 Å². The molecule has 1 rings (SSSR count). The van der Waals surface area contributed by atoms with E-state index in [-0.39, 0.29) is 0 Å². The minimum Gasteiger partial charge on any atom is -0.314 e. The number of nitrogens with one attached hydrogen (secondary N) is 1. The first-order valence-corrected chi connectivity index (χ1v) is 6.22. The van der Waals surface area contributed by atoms with Gasteiger partial charge in [0.15, 0.2) is 0 Å². The SMILES string of the molecule is C[C@@H](NCCC(C)(C)C)C1CCCC1. The Labute approximate surface area is 89.7 Å². The van der Waals surface area contributed by atoms with Crippen molar-refractivity contribution in [2.45, 2.75) is 65.8 Å². The molecule has 1 heteroatoms. The molecular formula is C13H27N. The maximum Gasteiger partial charge on any atom is 0.00670 e. The van der Waals surface area contributed by atoms with Crippen molar-refractivity contribution in [3.8, 4) is 0 Å². The highest BCUT2D eigenvalue weighted by molar-refractivity contribution is 4.77. The Morgan fingerprint density at radius 1 is 1.21 bits per heavy atom. The Morgan fingerprint density at radius 3 is 2.29 bits per heavy atom. The molecule has 1 fully saturated rings. The lowest BCUT2D eigenvalue weighted by Gasteiger charge is -2.23. The van der Waals surface area contributed by atoms with E-state index in [9.17, 15) is 0 Å². The van der Waals surface area contributed by atoms with Gasteiger partial charge in [-0.25, -0.2) is 0 Å². The van der Waals surface area contributed by atoms with E-state index >= 15 is 0 Å². The highest BCUT2D eigenvalue weighted by atomic mass is 14.9. The second-order valence-electron chi connectivity index (χ2n) is 6.10. The minimum absolute atomic E-state index is 0.475. The van der Waals surface area contributed by atoms with Crippen LogP contribution in [0.25, 0.3) is 0 Å². The summed E-state index contributed by atoms with van der Waals surface area (Å²) < 4.78 is 0. The molecule has 1 saturated carbocycles. The molecule has 0 bridgehead atoms. The average Bonchev–Trinajstić information content (AvgIpc) is 2.53. The molecule has 1 aliphatic carbocycles. The predicted octanol–water partition coefficient (Wildman–Crippen LogP) is 3.59. The van der Waals surface area contributed by atoms with Crippen LogP contribution in [0.5, 0.6) is 0 Å². The molecule has 1 N–H and O–H groups in total. The molecule has 0 saturated heterocycles. The van der Waals surface area contributed by atoms with Crippen molar-refractivity contribution in [2.24, 2.45) is 11.3 Å². The van der Waals surface area contributed by atoms with Gasteiger partial charge in [0, 0.05) is 6.04 Å². The molecule has 0 aromatic rings. The van der Waals surface area contributed by atoms with E-state index in [0.717, 1.165) is 12.0 Å². The topological polar surface area (TPSA) is 12.0 Å². The zero-order valence-corrected chi connectivity index (χ0v) is 10.4. The van der Waals surface area contributed by atoms with Gasteiger partial charge in [-0.05, 0) is 44.1 Å². The van der Waals surface area contributed by atoms with Crippen molar-refractivity contribution in [3.63, 3.8) is 0 Å². The molecule has 84 valence electrons. The smallest absolute Gasteiger partial charge is 0.00670 e. The van der Waals surface area contributed by atoms with Crippen molar-refractivity contribution in [1.29, 1.82) is 0 Å². The number of rotatable bonds is 4. The zero-order chi connectivity index (χ0) is 10.6. The molecule has 0 radical (unpaired) electrons. The molecule has 0 aliphatic heterocycles. The van der Waals surface area contributed by atoms with Crippen LogP contribution in [0.1, 0.15) is 59.8 Å². The minimum atomic E-state index is 0.475. The fraction of sp³-hybridized carbons (Fsp3) is 1.00. The second kappa shape index (κ2) is 5.16. The van der Waals surface area contributed by atoms with Crippen molar-refractivity contribution in [3.05, 3.63) is 0 Å². The molecule has 1 nitrogen and oxygen atoms in total. The summed E-state index contributed by atoms with van der Waals surface area (Å²) >= 11 is 0. The molecule has 0 aromatic carbocycles. The van der Waals surface area contributed by atoms with Crippen molar-refractivity contribution in [2.75, 3.05) is 6.54 Å². The Morgan fingerprint density at radius 2 is 1.79 bits per heavy atom. The first-order valence-electron chi connectivity index (χ1n) is 6.22. The highest BCUT2D eigenvalue weighted by Crippen LogP contribution is 2.27. The molecule has 0 heterocycles. The van der Waals surface area contributed by atoms with Crippen LogP contribution in [0.4, 0.5) is 0 Å². The van der Waals surface area contributed by atoms with E-state index in [0.29, 0.717) is 5.41 Å². The van der Waals surface area contributed by atoms with E-state index in [1.54, 1.807) is 0 Å². The van der Waals surface area contributed by atoms with Gasteiger partial charge in [-0.3, -0.25) is 0 Å². The van der Waals surface area contributed by atoms with Crippen LogP contribution < -0.4 is 5.32 Å². The fourth-order valence-corrected chi connectivity index (χ4v) is 2.30. The van der Waals surface area contributed by atoms with E-state index < -0.39 is 0 Å². The van der Waals surface area contributed by atoms with Gasteiger partial charge in [0.25, 0.3) is 0 Å². The molecule has 14 heavy (non-hydrogen) atoms. The third-order valence-electron chi connectivity index (χ3n) is 3.45. The molecule has 1 atom stereocenters. The van der Waals surface area contributed by atoms with Gasteiger partial charge in [0.2, 0.25) is 0 Å². The van der Waals surface area contributed by atoms with Crippen molar-refractivity contribution in [1.82, 2.24) is 5.32 Å². The quantitative estimate of drug-likeness (QED) is 0.726. The summed E-state index contributed by atoms with van der Waals surface area (Å²) in [5.41, 5.74) is 0.475. The van der Waals surface area contributed by atoms with E-state index in [4.69, 9.17) is 0 Å². The van der Waals surface area contributed by atoms with E-state index in [1.807, 2.05) is 0 Å². The highest BCUT2D eigenvalue weighted by Gasteiger charge is 2.21. The van der Waals surface area contributed by atoms with Crippen molar-refractivity contribution < 1.29 is 0 Å². The van der Waals surface area contributed by atoms with Crippen LogP contribution in [0, 0.1) is 11.3 Å². The Balaban J connectivity index is 2.11. The maximum absolute atomic E-state index is 3.68. The van der Waals surface area contributed by atoms with Gasteiger partial charge in [-0.15, -0.1) is 0 Å². The zero-order valence-electron chi connectivity index (χ0n) is 10.4. The summed E-state index contributed by atoms with van der Waals surface area (Å²) in [5, 5.41) is 3.68. The first kappa shape index (κ1) is 12.0. The van der Waals surface area contributed by atoms with Crippen LogP contribution in [-0.2, 0) is 0 Å². The molecule has 1 aliphatic rings. The first-order chi connectivity index (χ1) is 6.49. The summed E-state index contributed by atoms with van der Waals surface area (Å²) in [6.45, 7) is 10.5. The van der Waals surface area contributed by atoms with Gasteiger partial charge in [-0.2, -0.15) is 0 Å². The average molecular weight is 197 g/mol. The molecular weight excluding hydrogens is 170 g/mol. The number of hydrogen-bond donors (Lipinski definition) is 1. The summed E-state index contributed by atoms with van der Waals surface area (Å²) in [7, 11) is 0. The van der Waals surface area contributed by atoms with Crippen LogP contribution in [0.3, 0.4) is 0 Å². The predicted molar refractivity (Wildman–Crippen MR) is 63.5 cm³/mol. The summed E-state index contributed by atoms with van der Waals surface area (Å²) in [6, 6.07) is 0.736. The summed E-state index contributed by atoms with van der Waals surface area (Å²) in [4.78, 5) is 0. The van der Waals surface area contributed by atoms with Gasteiger partial charge >= 0.3 is 0 Å². The van der Waals surface area contributed by atoms with E-state index in [1.165, 1.54) is 38.6 Å². The maximum atomic E-state index is 3.68. The molecule has 0 aromatic heterocycles. The third kappa shape index (κ3) is 4.45. The lowest BCUT2D eigenvalue weighted by molar-refractivity contribution is 0.325. The van der Waals surface area contributed by atoms with Gasteiger partial charge in [0.05, 0.1) is 0 Å². The lowest BCUT2D eigenvalue weighted by atomic mass is 9.92. The van der Waals surface area contributed by atoms with Gasteiger partial charge in [-0.1, -0.05) is 33.6 Å². The fourth-order valence-electron chi connectivity index (χ4n) is 2.30. The van der Waals surface area contributed by atoms with Crippen LogP contribution in [0.2, 0.25) is 0 Å². The van der Waals surface area contributed by atoms with Crippen LogP contribution in [0.15, 0.2) is 0 Å². The van der Waals surface area contributed by atoms with Gasteiger partial charge < -0.3 is 5.32 Å². The Hall–Kier alpha value is -0.0400. The largest absolute Gasteiger partial charge is 0.314 e. The normalized spacial score (nSPS) is 21.4. The Bertz CT molecular complexity index is 151. The molecule has 0 spiro atoms. The number of hydrogen-bond acceptors (Lipinski definition) is 1. The Kier molecular flexibility index (Phi) is 4.43. The second-order valence-corrected chi connectivity index (χ2v) is 6.10. The molecule has 0 amide bonds. The van der Waals surface area contributed by atoms with Crippen LogP contribution >= 0.6 is 0 Å². The lowest BCUT2D eigenvalue weighted by Crippen LogP contribution is -2.34. The van der Waals surface area contributed by atoms with Gasteiger partial charge in [0.1, 0.15) is 0 Å².